The molecule has 166 valence electrons. The van der Waals surface area contributed by atoms with E-state index in [1.807, 2.05) is 32.0 Å². The van der Waals surface area contributed by atoms with Crippen molar-refractivity contribution < 1.29 is 13.9 Å². The van der Waals surface area contributed by atoms with E-state index in [4.69, 9.17) is 9.47 Å². The third-order valence-corrected chi connectivity index (χ3v) is 4.45. The van der Waals surface area contributed by atoms with Crippen molar-refractivity contribution in [2.24, 2.45) is 4.99 Å². The lowest BCUT2D eigenvalue weighted by Crippen LogP contribution is -2.38. The van der Waals surface area contributed by atoms with Gasteiger partial charge in [0, 0.05) is 38.4 Å². The van der Waals surface area contributed by atoms with Gasteiger partial charge in [-0.05, 0) is 58.0 Å². The second-order valence-electron chi connectivity index (χ2n) is 7.35. The van der Waals surface area contributed by atoms with Gasteiger partial charge in [-0.15, -0.1) is 24.0 Å². The fraction of sp³-hybridized carbons (Fsp3) is 0.667. The maximum absolute atomic E-state index is 13.9. The zero-order chi connectivity index (χ0) is 20.2. The molecular formula is C21H36FIN4O2. The largest absolute Gasteiger partial charge is 0.379 e. The molecule has 1 aliphatic rings. The standard InChI is InChI=1S/C21H35FN4O2.HI/c1-4-23-21(24-10-6-11-27-16-19-7-5-12-28-19)25-14-17-8-9-20(22)18(13-17)15-26(2)3;/h8-9,13,19H,4-7,10-12,14-16H2,1-3H3,(H2,23,24,25);1H. The van der Waals surface area contributed by atoms with Gasteiger partial charge in [0.25, 0.3) is 0 Å². The van der Waals surface area contributed by atoms with Crippen LogP contribution in [0.2, 0.25) is 0 Å². The molecule has 1 atom stereocenters. The number of halogens is 2. The van der Waals surface area contributed by atoms with Crippen molar-refractivity contribution in [3.8, 4) is 0 Å². The molecule has 1 saturated heterocycles. The number of guanidine groups is 1. The molecule has 1 fully saturated rings. The Morgan fingerprint density at radius 1 is 1.34 bits per heavy atom. The predicted molar refractivity (Wildman–Crippen MR) is 126 cm³/mol. The molecule has 1 unspecified atom stereocenters. The highest BCUT2D eigenvalue weighted by Gasteiger charge is 2.14. The van der Waals surface area contributed by atoms with E-state index in [0.29, 0.717) is 31.9 Å². The van der Waals surface area contributed by atoms with Crippen molar-refractivity contribution in [2.75, 3.05) is 47.0 Å². The van der Waals surface area contributed by atoms with Crippen LogP contribution < -0.4 is 10.6 Å². The second-order valence-corrected chi connectivity index (χ2v) is 7.35. The van der Waals surface area contributed by atoms with Crippen LogP contribution in [0.15, 0.2) is 23.2 Å². The van der Waals surface area contributed by atoms with Crippen LogP contribution in [0.4, 0.5) is 4.39 Å². The van der Waals surface area contributed by atoms with Crippen LogP contribution in [-0.4, -0.2) is 64.0 Å². The van der Waals surface area contributed by atoms with Crippen molar-refractivity contribution in [3.63, 3.8) is 0 Å². The fourth-order valence-corrected chi connectivity index (χ4v) is 3.07. The van der Waals surface area contributed by atoms with E-state index in [1.54, 1.807) is 6.07 Å². The molecule has 1 aromatic rings. The van der Waals surface area contributed by atoms with Gasteiger partial charge < -0.3 is 25.0 Å². The quantitative estimate of drug-likeness (QED) is 0.203. The van der Waals surface area contributed by atoms with Crippen molar-refractivity contribution in [1.29, 1.82) is 0 Å². The van der Waals surface area contributed by atoms with Gasteiger partial charge >= 0.3 is 0 Å². The van der Waals surface area contributed by atoms with Crippen molar-refractivity contribution in [2.45, 2.75) is 45.4 Å². The van der Waals surface area contributed by atoms with Crippen LogP contribution in [-0.2, 0) is 22.6 Å². The van der Waals surface area contributed by atoms with Gasteiger partial charge in [0.05, 0.1) is 19.3 Å². The van der Waals surface area contributed by atoms with E-state index in [9.17, 15) is 4.39 Å². The van der Waals surface area contributed by atoms with Gasteiger partial charge in [-0.1, -0.05) is 6.07 Å². The number of hydrogen-bond acceptors (Lipinski definition) is 4. The van der Waals surface area contributed by atoms with Gasteiger partial charge in [0.15, 0.2) is 5.96 Å². The summed E-state index contributed by atoms with van der Waals surface area (Å²) in [6, 6.07) is 5.21. The van der Waals surface area contributed by atoms with Gasteiger partial charge in [-0.25, -0.2) is 9.38 Å². The molecule has 0 amide bonds. The summed E-state index contributed by atoms with van der Waals surface area (Å²) in [7, 11) is 3.87. The average Bonchev–Trinajstić information content (AvgIpc) is 3.18. The summed E-state index contributed by atoms with van der Waals surface area (Å²) in [5.74, 6) is 0.592. The smallest absolute Gasteiger partial charge is 0.191 e. The first-order chi connectivity index (χ1) is 13.6. The van der Waals surface area contributed by atoms with Crippen LogP contribution in [0, 0.1) is 5.82 Å². The maximum atomic E-state index is 13.9. The SMILES string of the molecule is CCNC(=NCc1ccc(F)c(CN(C)C)c1)NCCCOCC1CCCO1.I. The molecule has 6 nitrogen and oxygen atoms in total. The monoisotopic (exact) mass is 522 g/mol. The van der Waals surface area contributed by atoms with E-state index in [0.717, 1.165) is 50.5 Å². The summed E-state index contributed by atoms with van der Waals surface area (Å²) in [5, 5.41) is 6.57. The Morgan fingerprint density at radius 3 is 2.86 bits per heavy atom. The lowest BCUT2D eigenvalue weighted by Gasteiger charge is -2.13. The zero-order valence-corrected chi connectivity index (χ0v) is 20.2. The highest BCUT2D eigenvalue weighted by Crippen LogP contribution is 2.13. The maximum Gasteiger partial charge on any atom is 0.191 e. The molecule has 29 heavy (non-hydrogen) atoms. The highest BCUT2D eigenvalue weighted by molar-refractivity contribution is 14.0. The zero-order valence-electron chi connectivity index (χ0n) is 17.9. The van der Waals surface area contributed by atoms with Crippen LogP contribution in [0.5, 0.6) is 0 Å². The van der Waals surface area contributed by atoms with E-state index in [1.165, 1.54) is 6.07 Å². The topological polar surface area (TPSA) is 58.1 Å². The lowest BCUT2D eigenvalue weighted by atomic mass is 10.1. The minimum atomic E-state index is -0.172. The first-order valence-corrected chi connectivity index (χ1v) is 10.2. The Hall–Kier alpha value is -0.970. The van der Waals surface area contributed by atoms with Crippen molar-refractivity contribution in [1.82, 2.24) is 15.5 Å². The summed E-state index contributed by atoms with van der Waals surface area (Å²) in [4.78, 5) is 6.57. The molecule has 0 aliphatic carbocycles. The number of nitrogens with one attached hydrogen (secondary N) is 2. The summed E-state index contributed by atoms with van der Waals surface area (Å²) >= 11 is 0. The first-order valence-electron chi connectivity index (χ1n) is 10.2. The molecule has 2 N–H and O–H groups in total. The summed E-state index contributed by atoms with van der Waals surface area (Å²) in [5.41, 5.74) is 1.69. The highest BCUT2D eigenvalue weighted by atomic mass is 127. The summed E-state index contributed by atoms with van der Waals surface area (Å²) in [6.45, 7) is 6.95. The van der Waals surface area contributed by atoms with E-state index < -0.39 is 0 Å². The van der Waals surface area contributed by atoms with Crippen molar-refractivity contribution in [3.05, 3.63) is 35.1 Å². The predicted octanol–water partition coefficient (Wildman–Crippen LogP) is 3.15. The number of aliphatic imine (C=N–C) groups is 1. The molecule has 2 rings (SSSR count). The normalized spacial score (nSPS) is 16.7. The van der Waals surface area contributed by atoms with E-state index in [-0.39, 0.29) is 35.9 Å². The molecule has 1 aromatic carbocycles. The Balaban J connectivity index is 0.00000420. The molecule has 0 bridgehead atoms. The first kappa shape index (κ1) is 26.1. The number of nitrogens with zero attached hydrogens (tertiary/aromatic N) is 2. The Bertz CT molecular complexity index is 610. The Morgan fingerprint density at radius 2 is 2.17 bits per heavy atom. The Labute approximate surface area is 191 Å². The van der Waals surface area contributed by atoms with Gasteiger partial charge in [0.1, 0.15) is 5.82 Å². The van der Waals surface area contributed by atoms with Crippen LogP contribution in [0.1, 0.15) is 37.3 Å². The third-order valence-electron chi connectivity index (χ3n) is 4.45. The van der Waals surface area contributed by atoms with Crippen LogP contribution in [0.25, 0.3) is 0 Å². The lowest BCUT2D eigenvalue weighted by molar-refractivity contribution is 0.0168. The molecule has 0 spiro atoms. The van der Waals surface area contributed by atoms with Gasteiger partial charge in [0.2, 0.25) is 0 Å². The van der Waals surface area contributed by atoms with E-state index >= 15 is 0 Å². The molecule has 1 aliphatic heterocycles. The number of rotatable bonds is 11. The van der Waals surface area contributed by atoms with E-state index in [2.05, 4.69) is 15.6 Å². The van der Waals surface area contributed by atoms with Crippen molar-refractivity contribution >= 4 is 29.9 Å². The summed E-state index contributed by atoms with van der Waals surface area (Å²) in [6.07, 6.45) is 3.43. The second kappa shape index (κ2) is 14.9. The average molecular weight is 522 g/mol. The molecule has 0 saturated carbocycles. The van der Waals surface area contributed by atoms with Gasteiger partial charge in [-0.3, -0.25) is 0 Å². The number of benzene rings is 1. The number of ether oxygens (including phenoxy) is 2. The van der Waals surface area contributed by atoms with Crippen LogP contribution >= 0.6 is 24.0 Å². The van der Waals surface area contributed by atoms with Gasteiger partial charge in [-0.2, -0.15) is 0 Å². The molecule has 0 radical (unpaired) electrons. The van der Waals surface area contributed by atoms with Crippen LogP contribution in [0.3, 0.4) is 0 Å². The molecular weight excluding hydrogens is 486 g/mol. The third kappa shape index (κ3) is 10.6. The molecule has 8 heteroatoms. The molecule has 0 aromatic heterocycles. The fourth-order valence-electron chi connectivity index (χ4n) is 3.07. The molecule has 1 heterocycles. The Kier molecular flexibility index (Phi) is 13.4. The minimum Gasteiger partial charge on any atom is -0.379 e. The number of hydrogen-bond donors (Lipinski definition) is 2. The minimum absolute atomic E-state index is 0. The summed E-state index contributed by atoms with van der Waals surface area (Å²) < 4.78 is 25.1.